The molecule has 0 spiro atoms. The Morgan fingerprint density at radius 3 is 2.69 bits per heavy atom. The van der Waals surface area contributed by atoms with Crippen molar-refractivity contribution in [1.82, 2.24) is 4.98 Å². The van der Waals surface area contributed by atoms with Gasteiger partial charge in [0, 0.05) is 10.6 Å². The predicted molar refractivity (Wildman–Crippen MR) is 58.3 cm³/mol. The number of hydrogen-bond donors (Lipinski definition) is 1. The molecule has 16 heavy (non-hydrogen) atoms. The third kappa shape index (κ3) is 2.41. The van der Waals surface area contributed by atoms with Crippen molar-refractivity contribution >= 4 is 17.6 Å². The SMILES string of the molecule is O=C(O)Cc1nc(-c2ccc(Cl)cc2)co1. The number of nitrogens with zero attached hydrogens (tertiary/aromatic N) is 1. The first kappa shape index (κ1) is 10.7. The zero-order valence-corrected chi connectivity index (χ0v) is 8.94. The summed E-state index contributed by atoms with van der Waals surface area (Å²) in [5, 5.41) is 9.20. The van der Waals surface area contributed by atoms with Crippen LogP contribution < -0.4 is 0 Å². The van der Waals surface area contributed by atoms with Crippen molar-refractivity contribution in [1.29, 1.82) is 0 Å². The summed E-state index contributed by atoms with van der Waals surface area (Å²) >= 11 is 5.75. The van der Waals surface area contributed by atoms with Crippen LogP contribution in [-0.4, -0.2) is 16.1 Å². The quantitative estimate of drug-likeness (QED) is 0.891. The second-order valence-corrected chi connectivity index (χ2v) is 3.64. The molecule has 0 aliphatic heterocycles. The van der Waals surface area contributed by atoms with Gasteiger partial charge in [-0.25, -0.2) is 4.98 Å². The Hall–Kier alpha value is -1.81. The first-order chi connectivity index (χ1) is 7.65. The first-order valence-electron chi connectivity index (χ1n) is 4.57. The molecule has 2 rings (SSSR count). The van der Waals surface area contributed by atoms with Crippen LogP contribution in [0, 0.1) is 0 Å². The molecule has 4 nitrogen and oxygen atoms in total. The van der Waals surface area contributed by atoms with Crippen LogP contribution in [0.4, 0.5) is 0 Å². The highest BCUT2D eigenvalue weighted by molar-refractivity contribution is 6.30. The molecule has 5 heteroatoms. The number of oxazole rings is 1. The molecule has 0 atom stereocenters. The van der Waals surface area contributed by atoms with Gasteiger partial charge in [0.1, 0.15) is 18.4 Å². The average molecular weight is 238 g/mol. The van der Waals surface area contributed by atoms with Gasteiger partial charge < -0.3 is 9.52 Å². The number of halogens is 1. The Labute approximate surface area is 96.5 Å². The molecule has 1 aromatic carbocycles. The van der Waals surface area contributed by atoms with E-state index in [0.717, 1.165) is 5.56 Å². The van der Waals surface area contributed by atoms with Gasteiger partial charge in [-0.3, -0.25) is 4.79 Å². The largest absolute Gasteiger partial charge is 0.481 e. The van der Waals surface area contributed by atoms with Gasteiger partial charge in [0.15, 0.2) is 0 Å². The molecule has 1 N–H and O–H groups in total. The number of rotatable bonds is 3. The van der Waals surface area contributed by atoms with Crippen molar-refractivity contribution in [2.24, 2.45) is 0 Å². The van der Waals surface area contributed by atoms with Gasteiger partial charge in [0.2, 0.25) is 5.89 Å². The molecule has 0 aliphatic rings. The van der Waals surface area contributed by atoms with E-state index < -0.39 is 5.97 Å². The van der Waals surface area contributed by atoms with Gasteiger partial charge in [0.25, 0.3) is 0 Å². The Morgan fingerprint density at radius 2 is 2.06 bits per heavy atom. The van der Waals surface area contributed by atoms with Crippen molar-refractivity contribution in [3.63, 3.8) is 0 Å². The highest BCUT2D eigenvalue weighted by Crippen LogP contribution is 2.20. The van der Waals surface area contributed by atoms with E-state index in [-0.39, 0.29) is 12.3 Å². The zero-order valence-electron chi connectivity index (χ0n) is 8.18. The van der Waals surface area contributed by atoms with E-state index in [1.54, 1.807) is 24.3 Å². The van der Waals surface area contributed by atoms with Crippen molar-refractivity contribution in [3.8, 4) is 11.3 Å². The van der Waals surface area contributed by atoms with Crippen LogP contribution in [0.2, 0.25) is 5.02 Å². The molecule has 82 valence electrons. The minimum Gasteiger partial charge on any atom is -0.481 e. The summed E-state index contributed by atoms with van der Waals surface area (Å²) in [5.41, 5.74) is 1.44. The van der Waals surface area contributed by atoms with E-state index in [9.17, 15) is 4.79 Å². The summed E-state index contributed by atoms with van der Waals surface area (Å²) in [7, 11) is 0. The van der Waals surface area contributed by atoms with Crippen LogP contribution in [-0.2, 0) is 11.2 Å². The Bertz CT molecular complexity index is 504. The second-order valence-electron chi connectivity index (χ2n) is 3.20. The number of aromatic nitrogens is 1. The van der Waals surface area contributed by atoms with Crippen LogP contribution in [0.25, 0.3) is 11.3 Å². The summed E-state index contributed by atoms with van der Waals surface area (Å²) in [6.07, 6.45) is 1.22. The topological polar surface area (TPSA) is 63.3 Å². The van der Waals surface area contributed by atoms with Crippen molar-refractivity contribution < 1.29 is 14.3 Å². The first-order valence-corrected chi connectivity index (χ1v) is 4.95. The minimum absolute atomic E-state index is 0.192. The average Bonchev–Trinajstić information content (AvgIpc) is 2.66. The Kier molecular flexibility index (Phi) is 2.92. The smallest absolute Gasteiger partial charge is 0.312 e. The Balaban J connectivity index is 2.24. The fraction of sp³-hybridized carbons (Fsp3) is 0.0909. The molecule has 0 amide bonds. The molecule has 2 aromatic rings. The number of aliphatic carboxylic acids is 1. The lowest BCUT2D eigenvalue weighted by Crippen LogP contribution is -1.99. The molecular formula is C11H8ClNO3. The van der Waals surface area contributed by atoms with E-state index in [0.29, 0.717) is 10.7 Å². The van der Waals surface area contributed by atoms with Crippen LogP contribution in [0.15, 0.2) is 34.9 Å². The molecule has 0 radical (unpaired) electrons. The molecule has 0 bridgehead atoms. The monoisotopic (exact) mass is 237 g/mol. The number of hydrogen-bond acceptors (Lipinski definition) is 3. The van der Waals surface area contributed by atoms with Gasteiger partial charge in [-0.2, -0.15) is 0 Å². The highest BCUT2D eigenvalue weighted by Gasteiger charge is 2.09. The van der Waals surface area contributed by atoms with Crippen molar-refractivity contribution in [2.45, 2.75) is 6.42 Å². The predicted octanol–water partition coefficient (Wildman–Crippen LogP) is 2.62. The van der Waals surface area contributed by atoms with Crippen molar-refractivity contribution in [2.75, 3.05) is 0 Å². The summed E-state index contributed by atoms with van der Waals surface area (Å²) in [6.45, 7) is 0. The van der Waals surface area contributed by atoms with Gasteiger partial charge in [-0.05, 0) is 12.1 Å². The van der Waals surface area contributed by atoms with Crippen LogP contribution >= 0.6 is 11.6 Å². The molecule has 0 saturated heterocycles. The van der Waals surface area contributed by atoms with E-state index in [2.05, 4.69) is 4.98 Å². The van der Waals surface area contributed by atoms with Crippen molar-refractivity contribution in [3.05, 3.63) is 41.4 Å². The maximum absolute atomic E-state index is 10.4. The van der Waals surface area contributed by atoms with E-state index in [1.807, 2.05) is 0 Å². The second kappa shape index (κ2) is 4.37. The fourth-order valence-electron chi connectivity index (χ4n) is 1.27. The molecule has 1 aromatic heterocycles. The summed E-state index contributed by atoms with van der Waals surface area (Å²) in [4.78, 5) is 14.5. The van der Waals surface area contributed by atoms with E-state index in [4.69, 9.17) is 21.1 Å². The van der Waals surface area contributed by atoms with Gasteiger partial charge in [-0.1, -0.05) is 23.7 Å². The van der Waals surface area contributed by atoms with Gasteiger partial charge in [-0.15, -0.1) is 0 Å². The summed E-state index contributed by atoms with van der Waals surface area (Å²) in [6, 6.07) is 7.07. The fourth-order valence-corrected chi connectivity index (χ4v) is 1.40. The molecule has 1 heterocycles. The molecular weight excluding hydrogens is 230 g/mol. The maximum Gasteiger partial charge on any atom is 0.312 e. The zero-order chi connectivity index (χ0) is 11.5. The number of carbonyl (C=O) groups is 1. The van der Waals surface area contributed by atoms with Crippen LogP contribution in [0.1, 0.15) is 5.89 Å². The normalized spacial score (nSPS) is 10.3. The summed E-state index contributed by atoms with van der Waals surface area (Å²) in [5.74, 6) is -0.776. The lowest BCUT2D eigenvalue weighted by atomic mass is 10.2. The third-order valence-corrected chi connectivity index (χ3v) is 2.25. The Morgan fingerprint density at radius 1 is 1.38 bits per heavy atom. The van der Waals surface area contributed by atoms with E-state index in [1.165, 1.54) is 6.26 Å². The molecule has 0 fully saturated rings. The lowest BCUT2D eigenvalue weighted by molar-refractivity contribution is -0.136. The van der Waals surface area contributed by atoms with Gasteiger partial charge >= 0.3 is 5.97 Å². The lowest BCUT2D eigenvalue weighted by Gasteiger charge is -1.94. The molecule has 0 aliphatic carbocycles. The van der Waals surface area contributed by atoms with Gasteiger partial charge in [0.05, 0.1) is 0 Å². The summed E-state index contributed by atoms with van der Waals surface area (Å²) < 4.78 is 5.04. The van der Waals surface area contributed by atoms with Crippen LogP contribution in [0.5, 0.6) is 0 Å². The standard InChI is InChI=1S/C11H8ClNO3/c12-8-3-1-7(2-4-8)9-6-16-10(13-9)5-11(14)15/h1-4,6H,5H2,(H,14,15). The maximum atomic E-state index is 10.4. The molecule has 0 unspecified atom stereocenters. The number of carboxylic acids is 1. The number of carboxylic acid groups (broad SMARTS) is 1. The molecule has 0 saturated carbocycles. The number of benzene rings is 1. The highest BCUT2D eigenvalue weighted by atomic mass is 35.5. The minimum atomic E-state index is -0.968. The van der Waals surface area contributed by atoms with E-state index >= 15 is 0 Å². The third-order valence-electron chi connectivity index (χ3n) is 1.99. The van der Waals surface area contributed by atoms with Crippen LogP contribution in [0.3, 0.4) is 0 Å².